The molecule has 0 aromatic rings. The second-order valence-corrected chi connectivity index (χ2v) is 22.9. The maximum absolute atomic E-state index is 12.9. The van der Waals surface area contributed by atoms with Crippen LogP contribution >= 0.6 is 0 Å². The molecule has 1 unspecified atom stereocenters. The van der Waals surface area contributed by atoms with Gasteiger partial charge in [0.1, 0.15) is 13.2 Å². The Morgan fingerprint density at radius 2 is 0.507 bits per heavy atom. The van der Waals surface area contributed by atoms with E-state index < -0.39 is 6.10 Å². The van der Waals surface area contributed by atoms with Crippen molar-refractivity contribution >= 4 is 17.9 Å². The van der Waals surface area contributed by atoms with Crippen LogP contribution in [0.5, 0.6) is 0 Å². The van der Waals surface area contributed by atoms with Gasteiger partial charge in [-0.25, -0.2) is 0 Å². The Labute approximate surface area is 431 Å². The summed E-state index contributed by atoms with van der Waals surface area (Å²) >= 11 is 0. The molecule has 6 nitrogen and oxygen atoms in total. The van der Waals surface area contributed by atoms with E-state index in [2.05, 4.69) is 41.5 Å². The van der Waals surface area contributed by atoms with Crippen LogP contribution in [0.1, 0.15) is 350 Å². The van der Waals surface area contributed by atoms with E-state index in [1.165, 1.54) is 231 Å². The van der Waals surface area contributed by atoms with Crippen LogP contribution in [0.3, 0.4) is 0 Å². The van der Waals surface area contributed by atoms with E-state index in [-0.39, 0.29) is 31.1 Å². The molecule has 2 atom stereocenters. The molecule has 0 N–H and O–H groups in total. The van der Waals surface area contributed by atoms with Gasteiger partial charge in [-0.15, -0.1) is 0 Å². The van der Waals surface area contributed by atoms with E-state index in [1.54, 1.807) is 0 Å². The van der Waals surface area contributed by atoms with Crippen LogP contribution in [0.2, 0.25) is 0 Å². The van der Waals surface area contributed by atoms with Crippen LogP contribution in [0, 0.1) is 17.8 Å². The average Bonchev–Trinajstić information content (AvgIpc) is 3.32. The molecule has 0 saturated carbocycles. The van der Waals surface area contributed by atoms with Gasteiger partial charge in [-0.1, -0.05) is 311 Å². The third-order valence-corrected chi connectivity index (χ3v) is 14.8. The summed E-state index contributed by atoms with van der Waals surface area (Å²) in [7, 11) is 0. The van der Waals surface area contributed by atoms with Crippen molar-refractivity contribution in [3.8, 4) is 0 Å². The van der Waals surface area contributed by atoms with E-state index >= 15 is 0 Å². The number of hydrogen-bond donors (Lipinski definition) is 0. The van der Waals surface area contributed by atoms with Crippen molar-refractivity contribution in [1.82, 2.24) is 0 Å². The van der Waals surface area contributed by atoms with E-state index in [9.17, 15) is 14.4 Å². The van der Waals surface area contributed by atoms with E-state index in [1.807, 2.05) is 0 Å². The molecule has 0 amide bonds. The summed E-state index contributed by atoms with van der Waals surface area (Å²) in [4.78, 5) is 38.2. The molecule has 69 heavy (non-hydrogen) atoms. The van der Waals surface area contributed by atoms with E-state index in [0.29, 0.717) is 19.3 Å². The standard InChI is InChI=1S/C63H122O6/c1-7-59(6)51-45-39-33-27-20-16-12-10-8-9-11-13-17-22-30-36-42-48-54-63(66)69-60(56-68-62(65)53-47-41-35-29-24-23-26-32-38-44-50-58(4)5)55-67-61(64)52-46-40-34-28-21-18-14-15-19-25-31-37-43-49-57(2)3/h57-60H,7-56H2,1-6H3/t59?,60-/m0/s1. The maximum Gasteiger partial charge on any atom is 0.306 e. The number of carbonyl (C=O) groups is 3. The summed E-state index contributed by atoms with van der Waals surface area (Å²) in [6.45, 7) is 13.8. The number of carbonyl (C=O) groups excluding carboxylic acids is 3. The van der Waals surface area contributed by atoms with Crippen molar-refractivity contribution in [3.05, 3.63) is 0 Å². The molecule has 0 aliphatic rings. The van der Waals surface area contributed by atoms with Gasteiger partial charge in [0.15, 0.2) is 6.10 Å². The van der Waals surface area contributed by atoms with Gasteiger partial charge in [0.2, 0.25) is 0 Å². The predicted octanol–water partition coefficient (Wildman–Crippen LogP) is 20.7. The minimum atomic E-state index is -0.764. The van der Waals surface area contributed by atoms with Gasteiger partial charge < -0.3 is 14.2 Å². The molecule has 0 aromatic heterocycles. The molecule has 0 fully saturated rings. The van der Waals surface area contributed by atoms with E-state index in [0.717, 1.165) is 75.5 Å². The number of rotatable bonds is 56. The summed E-state index contributed by atoms with van der Waals surface area (Å²) in [5.41, 5.74) is 0. The molecule has 0 spiro atoms. The van der Waals surface area contributed by atoms with Crippen molar-refractivity contribution in [1.29, 1.82) is 0 Å². The molecule has 6 heteroatoms. The molecule has 0 bridgehead atoms. The molecule has 0 heterocycles. The van der Waals surface area contributed by atoms with Crippen molar-refractivity contribution in [2.24, 2.45) is 17.8 Å². The van der Waals surface area contributed by atoms with Gasteiger partial charge in [-0.05, 0) is 37.0 Å². The fourth-order valence-electron chi connectivity index (χ4n) is 9.67. The number of hydrogen-bond acceptors (Lipinski definition) is 6. The lowest BCUT2D eigenvalue weighted by atomic mass is 9.99. The summed E-state index contributed by atoms with van der Waals surface area (Å²) in [6.07, 6.45) is 58.1. The first-order valence-electron chi connectivity index (χ1n) is 31.1. The topological polar surface area (TPSA) is 78.9 Å². The lowest BCUT2D eigenvalue weighted by molar-refractivity contribution is -0.167. The second kappa shape index (κ2) is 54.2. The fourth-order valence-corrected chi connectivity index (χ4v) is 9.67. The molecule has 0 saturated heterocycles. The molecule has 0 aliphatic heterocycles. The monoisotopic (exact) mass is 975 g/mol. The maximum atomic E-state index is 12.9. The minimum absolute atomic E-state index is 0.0631. The number of unbranched alkanes of at least 4 members (excludes halogenated alkanes) is 38. The fraction of sp³-hybridized carbons (Fsp3) is 0.952. The highest BCUT2D eigenvalue weighted by Crippen LogP contribution is 2.19. The first-order chi connectivity index (χ1) is 33.6. The lowest BCUT2D eigenvalue weighted by Gasteiger charge is -2.18. The van der Waals surface area contributed by atoms with Crippen molar-refractivity contribution in [2.45, 2.75) is 356 Å². The molecule has 0 radical (unpaired) electrons. The van der Waals surface area contributed by atoms with Crippen molar-refractivity contribution < 1.29 is 28.6 Å². The average molecular weight is 976 g/mol. The van der Waals surface area contributed by atoms with E-state index in [4.69, 9.17) is 14.2 Å². The van der Waals surface area contributed by atoms with Gasteiger partial charge >= 0.3 is 17.9 Å². The second-order valence-electron chi connectivity index (χ2n) is 22.9. The third kappa shape index (κ3) is 55.6. The van der Waals surface area contributed by atoms with Crippen LogP contribution < -0.4 is 0 Å². The zero-order chi connectivity index (χ0) is 50.5. The SMILES string of the molecule is CCC(C)CCCCCCCCCCCCCCCCCCCCC(=O)O[C@@H](COC(=O)CCCCCCCCCCCCCCCC(C)C)COC(=O)CCCCCCCCCCCCC(C)C. The molecule has 410 valence electrons. The zero-order valence-corrected chi connectivity index (χ0v) is 47.6. The quantitative estimate of drug-likeness (QED) is 0.0343. The Bertz CT molecular complexity index is 1070. The van der Waals surface area contributed by atoms with Gasteiger partial charge in [0.25, 0.3) is 0 Å². The van der Waals surface area contributed by atoms with Crippen LogP contribution in [-0.2, 0) is 28.6 Å². The summed E-state index contributed by atoms with van der Waals surface area (Å²) in [5.74, 6) is 1.73. The van der Waals surface area contributed by atoms with Crippen LogP contribution in [-0.4, -0.2) is 37.2 Å². The van der Waals surface area contributed by atoms with Gasteiger partial charge in [-0.3, -0.25) is 14.4 Å². The number of esters is 3. The number of ether oxygens (including phenoxy) is 3. The smallest absolute Gasteiger partial charge is 0.306 e. The largest absolute Gasteiger partial charge is 0.462 e. The third-order valence-electron chi connectivity index (χ3n) is 14.8. The highest BCUT2D eigenvalue weighted by atomic mass is 16.6. The normalized spacial score (nSPS) is 12.5. The van der Waals surface area contributed by atoms with Crippen LogP contribution in [0.15, 0.2) is 0 Å². The highest BCUT2D eigenvalue weighted by Gasteiger charge is 2.19. The van der Waals surface area contributed by atoms with Crippen LogP contribution in [0.4, 0.5) is 0 Å². The molecule has 0 aromatic carbocycles. The summed E-state index contributed by atoms with van der Waals surface area (Å²) < 4.78 is 16.9. The summed E-state index contributed by atoms with van der Waals surface area (Å²) in [5, 5.41) is 0. The Morgan fingerprint density at radius 3 is 0.754 bits per heavy atom. The molecule has 0 aliphatic carbocycles. The Kier molecular flexibility index (Phi) is 52.9. The molecular formula is C63H122O6. The van der Waals surface area contributed by atoms with Gasteiger partial charge in [0, 0.05) is 19.3 Å². The lowest BCUT2D eigenvalue weighted by Crippen LogP contribution is -2.30. The van der Waals surface area contributed by atoms with Crippen LogP contribution in [0.25, 0.3) is 0 Å². The molecule has 0 rings (SSSR count). The molecular weight excluding hydrogens is 853 g/mol. The predicted molar refractivity (Wildman–Crippen MR) is 298 cm³/mol. The zero-order valence-electron chi connectivity index (χ0n) is 47.6. The first kappa shape index (κ1) is 67.4. The minimum Gasteiger partial charge on any atom is -0.462 e. The Morgan fingerprint density at radius 1 is 0.290 bits per heavy atom. The van der Waals surface area contributed by atoms with Crippen molar-refractivity contribution in [2.75, 3.05) is 13.2 Å². The Hall–Kier alpha value is -1.59. The summed E-state index contributed by atoms with van der Waals surface area (Å²) in [6, 6.07) is 0. The Balaban J connectivity index is 4.26. The van der Waals surface area contributed by atoms with Gasteiger partial charge in [0.05, 0.1) is 0 Å². The van der Waals surface area contributed by atoms with Crippen molar-refractivity contribution in [3.63, 3.8) is 0 Å². The highest BCUT2D eigenvalue weighted by molar-refractivity contribution is 5.71. The first-order valence-corrected chi connectivity index (χ1v) is 31.1. The van der Waals surface area contributed by atoms with Gasteiger partial charge in [-0.2, -0.15) is 0 Å².